The number of carbonyl (C=O) groups excluding carboxylic acids is 3. The second-order valence-electron chi connectivity index (χ2n) is 6.69. The van der Waals surface area contributed by atoms with Crippen molar-refractivity contribution in [2.24, 2.45) is 0 Å². The number of carboxylic acid groups (broad SMARTS) is 1. The molecule has 0 saturated carbocycles. The molecule has 3 aromatic carbocycles. The fraction of sp³-hybridized carbons (Fsp3) is 0.0870. The Hall–Kier alpha value is -3.73. The minimum absolute atomic E-state index is 0.201. The topological polar surface area (TPSA) is 86.3 Å². The van der Waals surface area contributed by atoms with Gasteiger partial charge < -0.3 is 15.2 Å². The van der Waals surface area contributed by atoms with E-state index in [0.717, 1.165) is 0 Å². The van der Waals surface area contributed by atoms with Gasteiger partial charge in [0.05, 0.1) is 0 Å². The Morgan fingerprint density at radius 1 is 0.786 bits per heavy atom. The Balaban J connectivity index is 1.80. The summed E-state index contributed by atoms with van der Waals surface area (Å²) in [5.41, 5.74) is 0.892. The maximum absolute atomic E-state index is 13.4. The van der Waals surface area contributed by atoms with Gasteiger partial charge in [-0.05, 0) is 23.3 Å². The molecule has 0 radical (unpaired) electrons. The van der Waals surface area contributed by atoms with Gasteiger partial charge in [-0.2, -0.15) is 0 Å². The lowest BCUT2D eigenvalue weighted by Crippen LogP contribution is -2.46. The molecule has 0 saturated heterocycles. The fourth-order valence-electron chi connectivity index (χ4n) is 3.61. The van der Waals surface area contributed by atoms with Gasteiger partial charge in [0.25, 0.3) is 0 Å². The van der Waals surface area contributed by atoms with Gasteiger partial charge in [0.15, 0.2) is 5.54 Å². The molecule has 3 aromatic rings. The van der Waals surface area contributed by atoms with Crippen LogP contribution in [0.5, 0.6) is 0 Å². The average molecular weight is 370 g/mol. The third-order valence-electron chi connectivity index (χ3n) is 4.94. The van der Waals surface area contributed by atoms with Gasteiger partial charge in [0, 0.05) is 29.2 Å². The maximum Gasteiger partial charge on any atom is 0.201 e. The molecule has 0 fully saturated rings. The van der Waals surface area contributed by atoms with Crippen molar-refractivity contribution >= 4 is 23.2 Å². The normalized spacial score (nSPS) is 14.6. The molecule has 1 aliphatic carbocycles. The molecule has 0 atom stereocenters. The molecule has 0 spiro atoms. The van der Waals surface area contributed by atoms with E-state index < -0.39 is 11.5 Å². The van der Waals surface area contributed by atoms with Crippen molar-refractivity contribution in [3.8, 4) is 0 Å². The highest BCUT2D eigenvalue weighted by Gasteiger charge is 2.54. The molecule has 0 bridgehead atoms. The molecule has 5 heteroatoms. The molecule has 0 aliphatic heterocycles. The lowest BCUT2D eigenvalue weighted by Gasteiger charge is -2.29. The number of carbonyl (C=O) groups is 3. The lowest BCUT2D eigenvalue weighted by molar-refractivity contribution is -0.304. The first-order valence-corrected chi connectivity index (χ1v) is 8.83. The SMILES string of the molecule is O=C([O-])Cc1ccc(NC2(c3ccccc3)C(=O)c3ccccc3C2=O)cc1. The number of Topliss-reactive ketones (excluding diaryl/α,β-unsaturated/α-hetero) is 2. The van der Waals surface area contributed by atoms with Crippen molar-refractivity contribution in [2.45, 2.75) is 12.0 Å². The molecule has 0 heterocycles. The van der Waals surface area contributed by atoms with Gasteiger partial charge in [-0.15, -0.1) is 0 Å². The summed E-state index contributed by atoms with van der Waals surface area (Å²) in [6, 6.07) is 22.3. The van der Waals surface area contributed by atoms with Gasteiger partial charge in [0.1, 0.15) is 0 Å². The van der Waals surface area contributed by atoms with E-state index in [4.69, 9.17) is 0 Å². The van der Waals surface area contributed by atoms with E-state index in [1.807, 2.05) is 6.07 Å². The highest BCUT2D eigenvalue weighted by Crippen LogP contribution is 2.40. The van der Waals surface area contributed by atoms with Crippen molar-refractivity contribution in [1.82, 2.24) is 0 Å². The highest BCUT2D eigenvalue weighted by atomic mass is 16.4. The molecule has 0 amide bonds. The van der Waals surface area contributed by atoms with Crippen molar-refractivity contribution in [3.05, 3.63) is 101 Å². The second kappa shape index (κ2) is 6.78. The number of carboxylic acids is 1. The zero-order valence-electron chi connectivity index (χ0n) is 14.8. The molecule has 138 valence electrons. The van der Waals surface area contributed by atoms with E-state index in [9.17, 15) is 19.5 Å². The number of nitrogens with one attached hydrogen (secondary N) is 1. The lowest BCUT2D eigenvalue weighted by atomic mass is 9.84. The number of hydrogen-bond acceptors (Lipinski definition) is 5. The summed E-state index contributed by atoms with van der Waals surface area (Å²) in [6.45, 7) is 0. The smallest absolute Gasteiger partial charge is 0.201 e. The zero-order valence-corrected chi connectivity index (χ0v) is 14.8. The number of ketones is 2. The largest absolute Gasteiger partial charge is 0.550 e. The standard InChI is InChI=1S/C23H17NO4/c25-20(26)14-15-10-12-17(13-11-15)24-23(16-6-2-1-3-7-16)21(27)18-8-4-5-9-19(18)22(23)28/h1-13,24H,14H2,(H,25,26)/p-1. The predicted molar refractivity (Wildman–Crippen MR) is 102 cm³/mol. The number of benzene rings is 3. The van der Waals surface area contributed by atoms with Gasteiger partial charge >= 0.3 is 0 Å². The van der Waals surface area contributed by atoms with Crippen LogP contribution >= 0.6 is 0 Å². The fourth-order valence-corrected chi connectivity index (χ4v) is 3.61. The van der Waals surface area contributed by atoms with Crippen LogP contribution in [0.2, 0.25) is 0 Å². The molecule has 0 aromatic heterocycles. The van der Waals surface area contributed by atoms with Crippen LogP contribution in [-0.2, 0) is 16.8 Å². The molecule has 4 rings (SSSR count). The van der Waals surface area contributed by atoms with E-state index in [0.29, 0.717) is 27.9 Å². The van der Waals surface area contributed by atoms with Crippen molar-refractivity contribution in [1.29, 1.82) is 0 Å². The molecule has 0 unspecified atom stereocenters. The number of anilines is 1. The summed E-state index contributed by atoms with van der Waals surface area (Å²) in [5, 5.41) is 13.9. The number of rotatable bonds is 5. The summed E-state index contributed by atoms with van der Waals surface area (Å²) in [7, 11) is 0. The van der Waals surface area contributed by atoms with Gasteiger partial charge in [-0.3, -0.25) is 9.59 Å². The van der Waals surface area contributed by atoms with Crippen LogP contribution in [0.3, 0.4) is 0 Å². The second-order valence-corrected chi connectivity index (χ2v) is 6.69. The summed E-state index contributed by atoms with van der Waals surface area (Å²) < 4.78 is 0. The third kappa shape index (κ3) is 2.77. The number of fused-ring (bicyclic) bond motifs is 1. The van der Waals surface area contributed by atoms with E-state index in [-0.39, 0.29) is 18.0 Å². The van der Waals surface area contributed by atoms with Crippen LogP contribution in [0.25, 0.3) is 0 Å². The first-order valence-electron chi connectivity index (χ1n) is 8.83. The molecular formula is C23H16NO4-. The molecule has 1 N–H and O–H groups in total. The van der Waals surface area contributed by atoms with Crippen LogP contribution in [0.4, 0.5) is 5.69 Å². The predicted octanol–water partition coefficient (Wildman–Crippen LogP) is 2.37. The first-order chi connectivity index (χ1) is 13.5. The quantitative estimate of drug-likeness (QED) is 0.697. The first kappa shape index (κ1) is 17.7. The molecule has 5 nitrogen and oxygen atoms in total. The van der Waals surface area contributed by atoms with Crippen LogP contribution < -0.4 is 10.4 Å². The minimum atomic E-state index is -1.55. The van der Waals surface area contributed by atoms with Crippen LogP contribution in [-0.4, -0.2) is 17.5 Å². The van der Waals surface area contributed by atoms with Crippen molar-refractivity contribution in [3.63, 3.8) is 0 Å². The van der Waals surface area contributed by atoms with E-state index in [1.54, 1.807) is 72.8 Å². The summed E-state index contributed by atoms with van der Waals surface area (Å²) >= 11 is 0. The average Bonchev–Trinajstić information content (AvgIpc) is 2.93. The minimum Gasteiger partial charge on any atom is -0.550 e. The Bertz CT molecular complexity index is 1040. The van der Waals surface area contributed by atoms with E-state index >= 15 is 0 Å². The highest BCUT2D eigenvalue weighted by molar-refractivity contribution is 6.34. The summed E-state index contributed by atoms with van der Waals surface area (Å²) in [6.07, 6.45) is -0.201. The van der Waals surface area contributed by atoms with Gasteiger partial charge in [0.2, 0.25) is 11.6 Å². The summed E-state index contributed by atoms with van der Waals surface area (Å²) in [5.74, 6) is -1.78. The van der Waals surface area contributed by atoms with Crippen LogP contribution in [0.15, 0.2) is 78.9 Å². The van der Waals surface area contributed by atoms with Crippen molar-refractivity contribution in [2.75, 3.05) is 5.32 Å². The monoisotopic (exact) mass is 370 g/mol. The summed E-state index contributed by atoms with van der Waals surface area (Å²) in [4.78, 5) is 37.5. The van der Waals surface area contributed by atoms with E-state index in [2.05, 4.69) is 5.32 Å². The van der Waals surface area contributed by atoms with Crippen LogP contribution in [0, 0.1) is 0 Å². The van der Waals surface area contributed by atoms with E-state index in [1.165, 1.54) is 0 Å². The Morgan fingerprint density at radius 2 is 1.32 bits per heavy atom. The molecule has 28 heavy (non-hydrogen) atoms. The Kier molecular flexibility index (Phi) is 4.28. The van der Waals surface area contributed by atoms with Gasteiger partial charge in [-0.1, -0.05) is 66.7 Å². The van der Waals surface area contributed by atoms with Crippen molar-refractivity contribution < 1.29 is 19.5 Å². The molecular weight excluding hydrogens is 354 g/mol. The third-order valence-corrected chi connectivity index (χ3v) is 4.94. The maximum atomic E-state index is 13.4. The number of aliphatic carboxylic acids is 1. The zero-order chi connectivity index (χ0) is 19.7. The van der Waals surface area contributed by atoms with Gasteiger partial charge in [-0.25, -0.2) is 0 Å². The number of hydrogen-bond donors (Lipinski definition) is 1. The molecule has 1 aliphatic rings. The Morgan fingerprint density at radius 3 is 1.86 bits per heavy atom. The van der Waals surface area contributed by atoms with Crippen LogP contribution in [0.1, 0.15) is 31.8 Å². The Labute approximate surface area is 161 Å².